The van der Waals surface area contributed by atoms with E-state index in [2.05, 4.69) is 55.6 Å². The van der Waals surface area contributed by atoms with Gasteiger partial charge in [-0.1, -0.05) is 255 Å². The summed E-state index contributed by atoms with van der Waals surface area (Å²) in [4.78, 5) is 12.4. The molecule has 4 heteroatoms. The summed E-state index contributed by atoms with van der Waals surface area (Å²) in [5.74, 6) is -0.0747. The minimum atomic E-state index is -0.847. The molecule has 0 aromatic carbocycles. The van der Waals surface area contributed by atoms with Gasteiger partial charge in [-0.2, -0.15) is 0 Å². The van der Waals surface area contributed by atoms with Crippen LogP contribution < -0.4 is 5.32 Å². The van der Waals surface area contributed by atoms with Crippen LogP contribution in [-0.2, 0) is 4.79 Å². The van der Waals surface area contributed by atoms with Crippen molar-refractivity contribution in [3.8, 4) is 0 Å². The third-order valence-corrected chi connectivity index (χ3v) is 11.8. The number of unbranched alkanes of at least 4 members (excludes halogenated alkanes) is 34. The molecule has 340 valence electrons. The van der Waals surface area contributed by atoms with Crippen molar-refractivity contribution < 1.29 is 15.0 Å². The molecule has 0 fully saturated rings. The molecule has 0 saturated carbocycles. The van der Waals surface area contributed by atoms with Crippen molar-refractivity contribution in [2.75, 3.05) is 6.61 Å². The van der Waals surface area contributed by atoms with E-state index < -0.39 is 12.1 Å². The highest BCUT2D eigenvalue weighted by atomic mass is 16.3. The number of allylic oxidation sites excluding steroid dienone is 7. The zero-order valence-corrected chi connectivity index (χ0v) is 39.1. The maximum atomic E-state index is 12.4. The lowest BCUT2D eigenvalue weighted by atomic mass is 10.0. The van der Waals surface area contributed by atoms with Crippen LogP contribution in [0.4, 0.5) is 0 Å². The van der Waals surface area contributed by atoms with E-state index in [-0.39, 0.29) is 12.5 Å². The fraction of sp³-hybridized carbons (Fsp3) is 0.833. The van der Waals surface area contributed by atoms with Crippen LogP contribution in [-0.4, -0.2) is 34.9 Å². The largest absolute Gasteiger partial charge is 0.394 e. The summed E-state index contributed by atoms with van der Waals surface area (Å²) in [5, 5.41) is 23.1. The second-order valence-corrected chi connectivity index (χ2v) is 17.6. The Hall–Kier alpha value is -1.65. The van der Waals surface area contributed by atoms with E-state index >= 15 is 0 Å². The number of aliphatic hydroxyl groups is 2. The molecule has 0 aliphatic rings. The van der Waals surface area contributed by atoms with E-state index in [0.29, 0.717) is 6.42 Å². The average molecular weight is 812 g/mol. The number of carbonyl (C=O) groups is 1. The molecule has 0 aromatic rings. The first-order chi connectivity index (χ1) is 28.7. The number of rotatable bonds is 47. The highest BCUT2D eigenvalue weighted by Crippen LogP contribution is 2.16. The Morgan fingerprint density at radius 2 is 0.707 bits per heavy atom. The van der Waals surface area contributed by atoms with Gasteiger partial charge in [-0.05, 0) is 57.8 Å². The quantitative estimate of drug-likeness (QED) is 0.0423. The molecule has 0 saturated heterocycles. The Bertz CT molecular complexity index is 923. The van der Waals surface area contributed by atoms with E-state index in [0.717, 1.165) is 51.4 Å². The lowest BCUT2D eigenvalue weighted by Crippen LogP contribution is -2.45. The van der Waals surface area contributed by atoms with Crippen LogP contribution in [0.2, 0.25) is 0 Å². The van der Waals surface area contributed by atoms with Gasteiger partial charge in [-0.15, -0.1) is 0 Å². The van der Waals surface area contributed by atoms with Gasteiger partial charge in [0.2, 0.25) is 5.91 Å². The van der Waals surface area contributed by atoms with E-state index in [4.69, 9.17) is 0 Å². The zero-order chi connectivity index (χ0) is 42.1. The van der Waals surface area contributed by atoms with E-state index in [9.17, 15) is 15.0 Å². The molecule has 1 amide bonds. The molecular weight excluding hydrogens is 711 g/mol. The molecular formula is C54H101NO3. The highest BCUT2D eigenvalue weighted by Gasteiger charge is 2.18. The maximum Gasteiger partial charge on any atom is 0.220 e. The Labute approximate surface area is 363 Å². The SMILES string of the molecule is CCCCCCC/C=C\C/C=C\C/C=C\CCCCCCCCC(=O)NC(CO)C(O)/C=C/CCCCCCCCCCCCCCCCCCCCCCCCC. The first kappa shape index (κ1) is 56.4. The summed E-state index contributed by atoms with van der Waals surface area (Å²) >= 11 is 0. The maximum absolute atomic E-state index is 12.4. The third kappa shape index (κ3) is 45.4. The zero-order valence-electron chi connectivity index (χ0n) is 39.1. The van der Waals surface area contributed by atoms with Gasteiger partial charge in [0.1, 0.15) is 0 Å². The molecule has 0 heterocycles. The summed E-state index contributed by atoms with van der Waals surface area (Å²) in [5.41, 5.74) is 0. The highest BCUT2D eigenvalue weighted by molar-refractivity contribution is 5.76. The van der Waals surface area contributed by atoms with Gasteiger partial charge in [-0.25, -0.2) is 0 Å². The third-order valence-electron chi connectivity index (χ3n) is 11.8. The fourth-order valence-corrected chi connectivity index (χ4v) is 7.83. The van der Waals surface area contributed by atoms with Gasteiger partial charge in [0.25, 0.3) is 0 Å². The first-order valence-electron chi connectivity index (χ1n) is 25.9. The van der Waals surface area contributed by atoms with Crippen molar-refractivity contribution in [3.05, 3.63) is 48.6 Å². The lowest BCUT2D eigenvalue weighted by Gasteiger charge is -2.20. The van der Waals surface area contributed by atoms with Crippen LogP contribution >= 0.6 is 0 Å². The monoisotopic (exact) mass is 812 g/mol. The van der Waals surface area contributed by atoms with Crippen LogP contribution in [0.25, 0.3) is 0 Å². The smallest absolute Gasteiger partial charge is 0.220 e. The minimum Gasteiger partial charge on any atom is -0.394 e. The number of hydrogen-bond donors (Lipinski definition) is 3. The van der Waals surface area contributed by atoms with Crippen LogP contribution in [0, 0.1) is 0 Å². The Balaban J connectivity index is 3.55. The second kappa shape index (κ2) is 49.7. The molecule has 0 radical (unpaired) electrons. The summed E-state index contributed by atoms with van der Waals surface area (Å²) < 4.78 is 0. The molecule has 0 spiro atoms. The molecule has 0 rings (SSSR count). The summed E-state index contributed by atoms with van der Waals surface area (Å²) in [6, 6.07) is -0.631. The summed E-state index contributed by atoms with van der Waals surface area (Å²) in [7, 11) is 0. The van der Waals surface area contributed by atoms with E-state index in [1.807, 2.05) is 6.08 Å². The van der Waals surface area contributed by atoms with Crippen molar-refractivity contribution >= 4 is 5.91 Å². The summed E-state index contributed by atoms with van der Waals surface area (Å²) in [6.45, 7) is 4.31. The van der Waals surface area contributed by atoms with Crippen molar-refractivity contribution in [3.63, 3.8) is 0 Å². The number of carbonyl (C=O) groups excluding carboxylic acids is 1. The van der Waals surface area contributed by atoms with Crippen molar-refractivity contribution in [1.82, 2.24) is 5.32 Å². The molecule has 0 bridgehead atoms. The van der Waals surface area contributed by atoms with Gasteiger partial charge < -0.3 is 15.5 Å². The van der Waals surface area contributed by atoms with Gasteiger partial charge in [0.15, 0.2) is 0 Å². The average Bonchev–Trinajstić information content (AvgIpc) is 3.23. The molecule has 0 aliphatic carbocycles. The molecule has 3 N–H and O–H groups in total. The van der Waals surface area contributed by atoms with Gasteiger partial charge in [-0.3, -0.25) is 4.79 Å². The van der Waals surface area contributed by atoms with Crippen molar-refractivity contribution in [2.45, 2.75) is 283 Å². The number of nitrogens with one attached hydrogen (secondary N) is 1. The molecule has 2 unspecified atom stereocenters. The van der Waals surface area contributed by atoms with Crippen LogP contribution in [0.15, 0.2) is 48.6 Å². The van der Waals surface area contributed by atoms with E-state index in [1.54, 1.807) is 6.08 Å². The molecule has 2 atom stereocenters. The normalized spacial score (nSPS) is 13.2. The molecule has 0 aliphatic heterocycles. The van der Waals surface area contributed by atoms with Gasteiger partial charge in [0, 0.05) is 6.42 Å². The molecule has 0 aromatic heterocycles. The van der Waals surface area contributed by atoms with Crippen LogP contribution in [0.1, 0.15) is 271 Å². The van der Waals surface area contributed by atoms with Crippen LogP contribution in [0.5, 0.6) is 0 Å². The topological polar surface area (TPSA) is 69.6 Å². The molecule has 58 heavy (non-hydrogen) atoms. The van der Waals surface area contributed by atoms with E-state index in [1.165, 1.54) is 199 Å². The Morgan fingerprint density at radius 3 is 1.05 bits per heavy atom. The number of aliphatic hydroxyl groups excluding tert-OH is 2. The summed E-state index contributed by atoms with van der Waals surface area (Å²) in [6.07, 6.45) is 68.2. The second-order valence-electron chi connectivity index (χ2n) is 17.6. The van der Waals surface area contributed by atoms with Gasteiger partial charge in [0.05, 0.1) is 18.8 Å². The lowest BCUT2D eigenvalue weighted by molar-refractivity contribution is -0.123. The number of hydrogen-bond acceptors (Lipinski definition) is 3. The Kier molecular flexibility index (Phi) is 48.3. The fourth-order valence-electron chi connectivity index (χ4n) is 7.83. The van der Waals surface area contributed by atoms with Gasteiger partial charge >= 0.3 is 0 Å². The predicted molar refractivity (Wildman–Crippen MR) is 258 cm³/mol. The predicted octanol–water partition coefficient (Wildman–Crippen LogP) is 16.7. The Morgan fingerprint density at radius 1 is 0.414 bits per heavy atom. The number of amides is 1. The van der Waals surface area contributed by atoms with Crippen molar-refractivity contribution in [2.24, 2.45) is 0 Å². The first-order valence-corrected chi connectivity index (χ1v) is 25.9. The molecule has 4 nitrogen and oxygen atoms in total. The minimum absolute atomic E-state index is 0.0747. The van der Waals surface area contributed by atoms with Crippen molar-refractivity contribution in [1.29, 1.82) is 0 Å². The van der Waals surface area contributed by atoms with Crippen LogP contribution in [0.3, 0.4) is 0 Å². The standard InChI is InChI=1S/C54H101NO3/c1-3-5-7-9-11-13-15-17-19-21-23-25-26-27-28-30-31-33-35-37-39-41-43-45-47-49-53(57)52(51-56)55-54(58)50-48-46-44-42-40-38-36-34-32-29-24-22-20-18-16-14-12-10-8-6-4-2/h16,18,22,24,32,34,47,49,52-53,56-57H,3-15,17,19-21,23,25-31,33,35-46,48,50-51H2,1-2H3,(H,55,58)/b18-16-,24-22-,34-32-,49-47+.